The molecule has 0 saturated carbocycles. The molecule has 404 valence electrons. The Balaban J connectivity index is 1.01. The molecule has 0 atom stereocenters. The fraction of sp³-hybridized carbons (Fsp3) is 0.293. The zero-order valence-corrected chi connectivity index (χ0v) is 48.4. The van der Waals surface area contributed by atoms with Crippen LogP contribution in [0.3, 0.4) is 0 Å². The highest BCUT2D eigenvalue weighted by molar-refractivity contribution is 6.09. The Morgan fingerprint density at radius 2 is 1.15 bits per heavy atom. The van der Waals surface area contributed by atoms with E-state index in [9.17, 15) is 5.48 Å². The third-order valence-electron chi connectivity index (χ3n) is 16.7. The Morgan fingerprint density at radius 1 is 0.525 bits per heavy atom. The number of hydrogen-bond donors (Lipinski definition) is 0. The summed E-state index contributed by atoms with van der Waals surface area (Å²) in [5.74, 6) is 0.982. The molecule has 0 fully saturated rings. The highest BCUT2D eigenvalue weighted by Crippen LogP contribution is 2.53. The monoisotopic (exact) mass is 1060 g/mol. The molecule has 8 aromatic carbocycles. The maximum atomic E-state index is 9.52. The normalized spacial score (nSPS) is 17.4. The van der Waals surface area contributed by atoms with Crippen molar-refractivity contribution >= 4 is 44.6 Å². The quantitative estimate of drug-likeness (QED) is 0.152. The van der Waals surface area contributed by atoms with Crippen molar-refractivity contribution in [3.63, 3.8) is 0 Å². The molecule has 5 nitrogen and oxygen atoms in total. The van der Waals surface area contributed by atoms with Gasteiger partial charge < -0.3 is 14.5 Å². The van der Waals surface area contributed by atoms with Crippen LogP contribution in [0.5, 0.6) is 11.5 Å². The van der Waals surface area contributed by atoms with Crippen molar-refractivity contribution in [3.8, 4) is 50.7 Å². The molecule has 1 aliphatic carbocycles. The first kappa shape index (κ1) is 40.3. The summed E-state index contributed by atoms with van der Waals surface area (Å²) in [7, 11) is 0. The zero-order chi connectivity index (χ0) is 66.6. The highest BCUT2D eigenvalue weighted by atomic mass is 16.5. The van der Waals surface area contributed by atoms with E-state index in [2.05, 4.69) is 130 Å². The average Bonchev–Trinajstić information content (AvgIpc) is 1.42. The van der Waals surface area contributed by atoms with Crippen molar-refractivity contribution in [2.45, 2.75) is 137 Å². The Kier molecular flexibility index (Phi) is 9.65. The van der Waals surface area contributed by atoms with Crippen LogP contribution in [0.25, 0.3) is 61.0 Å². The summed E-state index contributed by atoms with van der Waals surface area (Å²) in [5, 5.41) is 0.739. The molecule has 10 aromatic rings. The van der Waals surface area contributed by atoms with Gasteiger partial charge in [0, 0.05) is 55.6 Å². The van der Waals surface area contributed by atoms with Crippen LogP contribution in [0, 0.1) is 6.85 Å². The zero-order valence-electron chi connectivity index (χ0n) is 60.4. The average molecular weight is 1060 g/mol. The fourth-order valence-electron chi connectivity index (χ4n) is 12.0. The SMILES string of the molecule is [2H]c1c([2H])c([2H])c(-c2cc(C(C)(C)C)cc(-c3cc(C(C)(C)C)cc(C(C)(C)C)c3)c2N2CN(c3cccc(Oc4ccc5c6c([2H])c([2H])c([2H])c([2H])c6n(-c6cc(C([2H])([2H])[2H])c(-c7cccc8c7C(C)(C)CCC8(C)C)cn6)c5c4)c3)c3ccccc32)c([2H])c1[2H]. The van der Waals surface area contributed by atoms with Crippen LogP contribution in [0.4, 0.5) is 22.7 Å². The van der Waals surface area contributed by atoms with Gasteiger partial charge in [0.15, 0.2) is 0 Å². The van der Waals surface area contributed by atoms with E-state index in [1.807, 2.05) is 66.7 Å². The third-order valence-corrected chi connectivity index (χ3v) is 16.7. The fourth-order valence-corrected chi connectivity index (χ4v) is 12.0. The lowest BCUT2D eigenvalue weighted by Gasteiger charge is -2.43. The van der Waals surface area contributed by atoms with Gasteiger partial charge in [-0.05, 0) is 157 Å². The van der Waals surface area contributed by atoms with Crippen LogP contribution < -0.4 is 14.5 Å². The Morgan fingerprint density at radius 3 is 1.85 bits per heavy atom. The first-order chi connectivity index (χ1) is 42.9. The second-order valence-electron chi connectivity index (χ2n) is 26.4. The molecule has 0 radical (unpaired) electrons. The number of rotatable bonds is 8. The minimum absolute atomic E-state index is 0.0602. The van der Waals surface area contributed by atoms with E-state index >= 15 is 0 Å². The Bertz CT molecular complexity index is 4650. The number of ether oxygens (including phenoxy) is 1. The molecule has 12 rings (SSSR count). The summed E-state index contributed by atoms with van der Waals surface area (Å²) in [6.45, 7) is 26.0. The maximum Gasteiger partial charge on any atom is 0.137 e. The van der Waals surface area contributed by atoms with Crippen molar-refractivity contribution in [1.29, 1.82) is 0 Å². The predicted molar refractivity (Wildman–Crippen MR) is 340 cm³/mol. The van der Waals surface area contributed by atoms with E-state index in [1.54, 1.807) is 29.0 Å². The van der Waals surface area contributed by atoms with Gasteiger partial charge >= 0.3 is 0 Å². The molecule has 80 heavy (non-hydrogen) atoms. The van der Waals surface area contributed by atoms with Crippen molar-refractivity contribution < 1.29 is 21.2 Å². The van der Waals surface area contributed by atoms with Gasteiger partial charge in [-0.1, -0.05) is 193 Å². The van der Waals surface area contributed by atoms with E-state index in [4.69, 9.17) is 20.7 Å². The van der Waals surface area contributed by atoms with Gasteiger partial charge in [-0.15, -0.1) is 0 Å². The highest BCUT2D eigenvalue weighted by Gasteiger charge is 2.39. The topological polar surface area (TPSA) is 33.5 Å². The minimum Gasteiger partial charge on any atom is -0.457 e. The summed E-state index contributed by atoms with van der Waals surface area (Å²) in [6, 6.07) is 36.3. The smallest absolute Gasteiger partial charge is 0.137 e. The van der Waals surface area contributed by atoms with Gasteiger partial charge in [-0.25, -0.2) is 4.98 Å². The first-order valence-corrected chi connectivity index (χ1v) is 27.9. The summed E-state index contributed by atoms with van der Waals surface area (Å²) in [5.41, 5.74) is 11.5. The number of aryl methyl sites for hydroxylation is 1. The van der Waals surface area contributed by atoms with Crippen LogP contribution in [-0.2, 0) is 27.1 Å². The van der Waals surface area contributed by atoms with Crippen LogP contribution in [0.1, 0.15) is 153 Å². The van der Waals surface area contributed by atoms with Gasteiger partial charge in [0.1, 0.15) is 24.0 Å². The number of fused-ring (bicyclic) bond motifs is 5. The largest absolute Gasteiger partial charge is 0.457 e. The molecule has 0 saturated heterocycles. The van der Waals surface area contributed by atoms with Crippen molar-refractivity contribution in [1.82, 2.24) is 9.55 Å². The summed E-state index contributed by atoms with van der Waals surface area (Å²) in [4.78, 5) is 9.37. The Labute approximate surface area is 492 Å². The van der Waals surface area contributed by atoms with Crippen LogP contribution in [0.15, 0.2) is 182 Å². The third kappa shape index (κ3) is 9.36. The lowest BCUT2D eigenvalue weighted by molar-refractivity contribution is 0.333. The molecule has 2 aromatic heterocycles. The number of para-hydroxylation sites is 3. The number of hydrogen-bond acceptors (Lipinski definition) is 4. The van der Waals surface area contributed by atoms with Crippen molar-refractivity contribution in [3.05, 3.63) is 215 Å². The Hall–Kier alpha value is -7.89. The van der Waals surface area contributed by atoms with E-state index < -0.39 is 42.5 Å². The maximum absolute atomic E-state index is 9.52. The van der Waals surface area contributed by atoms with Gasteiger partial charge in [-0.2, -0.15) is 0 Å². The molecule has 1 aliphatic heterocycles. The molecule has 0 N–H and O–H groups in total. The van der Waals surface area contributed by atoms with E-state index in [1.165, 1.54) is 11.6 Å². The molecule has 3 heterocycles. The summed E-state index contributed by atoms with van der Waals surface area (Å²) in [6.07, 6.45) is 3.49. The molecular weight excluding hydrogens is 973 g/mol. The van der Waals surface area contributed by atoms with E-state index in [0.717, 1.165) is 68.8 Å². The lowest BCUT2D eigenvalue weighted by Crippen LogP contribution is -2.34. The molecule has 0 bridgehead atoms. The van der Waals surface area contributed by atoms with Crippen molar-refractivity contribution in [2.24, 2.45) is 0 Å². The standard InChI is InChI=1S/C75H78N4O/c1-48-38-68(76-46-62(48)59-29-23-30-63-69(59)75(13,14)37-36-74(63,11)12)79-64-31-19-18-28-57(64)58-35-34-56(45-67(58)79)80-55-27-22-26-54(44-55)77-47-78(66-33-21-20-32-65(66)77)70-60(49-24-16-15-17-25-49)42-53(73(8,9)10)43-61(70)50-39-51(71(2,3)4)41-52(40-50)72(5,6)7/h15-35,38-46H,36-37,47H2,1-14H3/i1D3,15D,16D,17D,18D,19D,24D,25D,28D,31D. The predicted octanol–water partition coefficient (Wildman–Crippen LogP) is 20.8. The minimum atomic E-state index is -2.62. The van der Waals surface area contributed by atoms with Gasteiger partial charge in [-0.3, -0.25) is 4.57 Å². The molecule has 0 spiro atoms. The van der Waals surface area contributed by atoms with Crippen LogP contribution in [0.2, 0.25) is 0 Å². The number of pyridine rings is 1. The second-order valence-corrected chi connectivity index (χ2v) is 26.4. The van der Waals surface area contributed by atoms with Gasteiger partial charge in [0.2, 0.25) is 0 Å². The lowest BCUT2D eigenvalue weighted by atomic mass is 9.61. The second kappa shape index (κ2) is 19.1. The van der Waals surface area contributed by atoms with E-state index in [-0.39, 0.29) is 80.3 Å². The van der Waals surface area contributed by atoms with Crippen LogP contribution >= 0.6 is 0 Å². The molecule has 0 amide bonds. The number of nitrogens with zero attached hydrogens (tertiary/aromatic N) is 4. The number of aromatic nitrogens is 2. The summed E-state index contributed by atoms with van der Waals surface area (Å²) >= 11 is 0. The summed E-state index contributed by atoms with van der Waals surface area (Å²) < 4.78 is 117. The van der Waals surface area contributed by atoms with Gasteiger partial charge in [0.25, 0.3) is 0 Å². The van der Waals surface area contributed by atoms with Crippen molar-refractivity contribution in [2.75, 3.05) is 16.5 Å². The molecule has 0 unspecified atom stereocenters. The molecule has 2 aliphatic rings. The van der Waals surface area contributed by atoms with Gasteiger partial charge in [0.05, 0.1) is 40.4 Å². The first-order valence-electron chi connectivity index (χ1n) is 33.9. The number of anilines is 4. The van der Waals surface area contributed by atoms with E-state index in [0.29, 0.717) is 39.2 Å². The number of benzene rings is 8. The van der Waals surface area contributed by atoms with Crippen LogP contribution in [-0.4, -0.2) is 16.2 Å². The molecule has 5 heteroatoms. The molecular formula is C75H78N4O.